The number of rotatable bonds is 4. The van der Waals surface area contributed by atoms with Gasteiger partial charge in [0.25, 0.3) is 0 Å². The van der Waals surface area contributed by atoms with Crippen molar-refractivity contribution in [1.29, 1.82) is 0 Å². The Morgan fingerprint density at radius 1 is 1.15 bits per heavy atom. The zero-order valence-electron chi connectivity index (χ0n) is 14.0. The molecule has 1 atom stereocenters. The van der Waals surface area contributed by atoms with Gasteiger partial charge in [-0.2, -0.15) is 0 Å². The number of ether oxygens (including phenoxy) is 1. The van der Waals surface area contributed by atoms with Crippen LogP contribution < -0.4 is 0 Å². The van der Waals surface area contributed by atoms with Crippen LogP contribution in [0.25, 0.3) is 0 Å². The lowest BCUT2D eigenvalue weighted by molar-refractivity contribution is -0.163. The summed E-state index contributed by atoms with van der Waals surface area (Å²) in [5, 5.41) is 10.6. The van der Waals surface area contributed by atoms with Gasteiger partial charge in [0.15, 0.2) is 0 Å². The van der Waals surface area contributed by atoms with Crippen molar-refractivity contribution in [2.24, 2.45) is 22.7 Å². The predicted octanol–water partition coefficient (Wildman–Crippen LogP) is 3.79. The molecule has 0 spiro atoms. The van der Waals surface area contributed by atoms with E-state index >= 15 is 0 Å². The summed E-state index contributed by atoms with van der Waals surface area (Å²) in [5.74, 6) is 0.648. The van der Waals surface area contributed by atoms with Crippen molar-refractivity contribution in [3.05, 3.63) is 0 Å². The van der Waals surface area contributed by atoms with Crippen molar-refractivity contribution in [2.75, 3.05) is 6.61 Å². The summed E-state index contributed by atoms with van der Waals surface area (Å²) < 4.78 is 5.10. The zero-order chi connectivity index (χ0) is 15.6. The molecule has 1 unspecified atom stereocenters. The van der Waals surface area contributed by atoms with Gasteiger partial charge in [0.1, 0.15) is 0 Å². The van der Waals surface area contributed by atoms with Gasteiger partial charge in [-0.1, -0.05) is 20.8 Å². The Bertz CT molecular complexity index is 320. The van der Waals surface area contributed by atoms with Gasteiger partial charge in [0.05, 0.1) is 18.1 Å². The molecule has 0 aromatic heterocycles. The van der Waals surface area contributed by atoms with Crippen LogP contribution in [0.2, 0.25) is 0 Å². The predicted molar refractivity (Wildman–Crippen MR) is 81.3 cm³/mol. The Kier molecular flexibility index (Phi) is 5.65. The molecule has 1 rings (SSSR count). The summed E-state index contributed by atoms with van der Waals surface area (Å²) in [5.41, 5.74) is -0.470. The Morgan fingerprint density at radius 3 is 2.05 bits per heavy atom. The maximum Gasteiger partial charge on any atom is 0.314 e. The highest BCUT2D eigenvalue weighted by Gasteiger charge is 2.43. The molecule has 0 bridgehead atoms. The molecule has 0 amide bonds. The molecule has 1 aliphatic carbocycles. The highest BCUT2D eigenvalue weighted by molar-refractivity contribution is 5.76. The van der Waals surface area contributed by atoms with Crippen LogP contribution in [-0.2, 0) is 9.53 Å². The Balaban J connectivity index is 2.62. The lowest BCUT2D eigenvalue weighted by atomic mass is 9.66. The van der Waals surface area contributed by atoms with Crippen molar-refractivity contribution in [3.8, 4) is 0 Å². The second-order valence-corrected chi connectivity index (χ2v) is 7.86. The number of aliphatic hydroxyl groups is 1. The fourth-order valence-electron chi connectivity index (χ4n) is 3.33. The molecule has 1 N–H and O–H groups in total. The van der Waals surface area contributed by atoms with Gasteiger partial charge in [-0.3, -0.25) is 4.79 Å². The van der Waals surface area contributed by atoms with Crippen LogP contribution in [0.4, 0.5) is 0 Å². The standard InChI is InChI=1S/C17H32O3/c1-7-20-15(19)17(5,6)14(18)12-8-10-13(11-9-12)16(2,3)4/h12-14,18H,7-11H2,1-6H3. The molecule has 3 nitrogen and oxygen atoms in total. The molecular formula is C17H32O3. The maximum atomic E-state index is 12.0. The van der Waals surface area contributed by atoms with Crippen LogP contribution in [0, 0.1) is 22.7 Å². The van der Waals surface area contributed by atoms with E-state index < -0.39 is 11.5 Å². The molecule has 1 saturated carbocycles. The largest absolute Gasteiger partial charge is 0.466 e. The van der Waals surface area contributed by atoms with E-state index in [9.17, 15) is 9.90 Å². The number of esters is 1. The van der Waals surface area contributed by atoms with Gasteiger partial charge in [0.2, 0.25) is 0 Å². The maximum absolute atomic E-state index is 12.0. The van der Waals surface area contributed by atoms with Crippen molar-refractivity contribution in [1.82, 2.24) is 0 Å². The summed E-state index contributed by atoms with van der Waals surface area (Å²) in [6.45, 7) is 12.6. The Hall–Kier alpha value is -0.570. The Labute approximate surface area is 124 Å². The van der Waals surface area contributed by atoms with Gasteiger partial charge < -0.3 is 9.84 Å². The van der Waals surface area contributed by atoms with Crippen LogP contribution in [0.1, 0.15) is 67.2 Å². The van der Waals surface area contributed by atoms with E-state index in [0.29, 0.717) is 12.0 Å². The molecule has 3 heteroatoms. The lowest BCUT2D eigenvalue weighted by Gasteiger charge is -2.41. The van der Waals surface area contributed by atoms with Gasteiger partial charge in [-0.25, -0.2) is 0 Å². The first kappa shape index (κ1) is 17.5. The monoisotopic (exact) mass is 284 g/mol. The van der Waals surface area contributed by atoms with Crippen LogP contribution in [0.3, 0.4) is 0 Å². The minimum Gasteiger partial charge on any atom is -0.466 e. The number of aliphatic hydroxyl groups excluding tert-OH is 1. The number of carbonyl (C=O) groups excluding carboxylic acids is 1. The fraction of sp³-hybridized carbons (Fsp3) is 0.941. The molecule has 0 radical (unpaired) electrons. The molecule has 0 saturated heterocycles. The summed E-state index contributed by atoms with van der Waals surface area (Å²) >= 11 is 0. The zero-order valence-corrected chi connectivity index (χ0v) is 14.0. The molecule has 1 aliphatic rings. The minimum atomic E-state index is -0.810. The van der Waals surface area contributed by atoms with E-state index in [1.165, 1.54) is 0 Å². The number of carbonyl (C=O) groups is 1. The third-order valence-electron chi connectivity index (χ3n) is 4.98. The number of hydrogen-bond acceptors (Lipinski definition) is 3. The van der Waals surface area contributed by atoms with Crippen LogP contribution in [-0.4, -0.2) is 23.8 Å². The number of hydrogen-bond donors (Lipinski definition) is 1. The second-order valence-electron chi connectivity index (χ2n) is 7.86. The first-order chi connectivity index (χ1) is 9.10. The third kappa shape index (κ3) is 3.97. The lowest BCUT2D eigenvalue weighted by Crippen LogP contribution is -2.44. The van der Waals surface area contributed by atoms with E-state index in [4.69, 9.17) is 4.74 Å². The van der Waals surface area contributed by atoms with Gasteiger partial charge in [-0.15, -0.1) is 0 Å². The molecular weight excluding hydrogens is 252 g/mol. The smallest absolute Gasteiger partial charge is 0.314 e. The van der Waals surface area contributed by atoms with Gasteiger partial charge in [-0.05, 0) is 63.7 Å². The van der Waals surface area contributed by atoms with Gasteiger partial charge >= 0.3 is 5.97 Å². The third-order valence-corrected chi connectivity index (χ3v) is 4.98. The van der Waals surface area contributed by atoms with Crippen LogP contribution in [0.15, 0.2) is 0 Å². The normalized spacial score (nSPS) is 26.1. The van der Waals surface area contributed by atoms with Crippen molar-refractivity contribution in [3.63, 3.8) is 0 Å². The van der Waals surface area contributed by atoms with Gasteiger partial charge in [0, 0.05) is 0 Å². The van der Waals surface area contributed by atoms with Crippen LogP contribution >= 0.6 is 0 Å². The van der Waals surface area contributed by atoms with Crippen LogP contribution in [0.5, 0.6) is 0 Å². The first-order valence-corrected chi connectivity index (χ1v) is 7.96. The van der Waals surface area contributed by atoms with Crippen molar-refractivity contribution in [2.45, 2.75) is 73.3 Å². The molecule has 0 aromatic carbocycles. The summed E-state index contributed by atoms with van der Waals surface area (Å²) in [7, 11) is 0. The van der Waals surface area contributed by atoms with E-state index in [1.807, 2.05) is 0 Å². The topological polar surface area (TPSA) is 46.5 Å². The summed E-state index contributed by atoms with van der Waals surface area (Å²) in [6, 6.07) is 0. The molecule has 20 heavy (non-hydrogen) atoms. The second kappa shape index (κ2) is 6.46. The highest BCUT2D eigenvalue weighted by atomic mass is 16.5. The quantitative estimate of drug-likeness (QED) is 0.799. The molecule has 118 valence electrons. The molecule has 0 heterocycles. The van der Waals surface area contributed by atoms with Crippen molar-refractivity contribution < 1.29 is 14.6 Å². The van der Waals surface area contributed by atoms with E-state index in [2.05, 4.69) is 20.8 Å². The first-order valence-electron chi connectivity index (χ1n) is 7.96. The Morgan fingerprint density at radius 2 is 1.65 bits per heavy atom. The molecule has 0 aliphatic heterocycles. The van der Waals surface area contributed by atoms with E-state index in [1.54, 1.807) is 20.8 Å². The average Bonchev–Trinajstić information content (AvgIpc) is 2.37. The average molecular weight is 284 g/mol. The van der Waals surface area contributed by atoms with Crippen molar-refractivity contribution >= 4 is 5.97 Å². The molecule has 1 fully saturated rings. The molecule has 0 aromatic rings. The summed E-state index contributed by atoms with van der Waals surface area (Å²) in [4.78, 5) is 12.0. The van der Waals surface area contributed by atoms with E-state index in [0.717, 1.165) is 31.6 Å². The minimum absolute atomic E-state index is 0.216. The van der Waals surface area contributed by atoms with E-state index in [-0.39, 0.29) is 11.9 Å². The summed E-state index contributed by atoms with van der Waals surface area (Å²) in [6.07, 6.45) is 3.69. The SMILES string of the molecule is CCOC(=O)C(C)(C)C(O)C1CCC(C(C)(C)C)CC1. The fourth-order valence-corrected chi connectivity index (χ4v) is 3.33. The highest BCUT2D eigenvalue weighted by Crippen LogP contribution is 2.43.